The SMILES string of the molecule is CCC(C)(C)C(CC1CC2CCC1C2)NN. The highest BCUT2D eigenvalue weighted by Crippen LogP contribution is 2.50. The van der Waals surface area contributed by atoms with Gasteiger partial charge in [0.1, 0.15) is 0 Å². The van der Waals surface area contributed by atoms with Gasteiger partial charge >= 0.3 is 0 Å². The predicted octanol–water partition coefficient (Wildman–Crippen LogP) is 3.08. The topological polar surface area (TPSA) is 38.0 Å². The van der Waals surface area contributed by atoms with E-state index in [0.29, 0.717) is 11.5 Å². The average Bonchev–Trinajstić information content (AvgIpc) is 2.87. The molecule has 2 heteroatoms. The molecule has 2 aliphatic rings. The summed E-state index contributed by atoms with van der Waals surface area (Å²) >= 11 is 0. The number of hydrogen-bond acceptors (Lipinski definition) is 2. The molecule has 0 aromatic carbocycles. The molecule has 2 aliphatic carbocycles. The Kier molecular flexibility index (Phi) is 3.60. The summed E-state index contributed by atoms with van der Waals surface area (Å²) in [4.78, 5) is 0. The van der Waals surface area contributed by atoms with Crippen molar-refractivity contribution in [1.82, 2.24) is 5.43 Å². The summed E-state index contributed by atoms with van der Waals surface area (Å²) in [5.74, 6) is 8.79. The van der Waals surface area contributed by atoms with Crippen molar-refractivity contribution in [3.05, 3.63) is 0 Å². The number of hydrazine groups is 1. The van der Waals surface area contributed by atoms with E-state index in [1.165, 1.54) is 38.5 Å². The summed E-state index contributed by atoms with van der Waals surface area (Å²) < 4.78 is 0. The zero-order chi connectivity index (χ0) is 11.8. The van der Waals surface area contributed by atoms with Gasteiger partial charge in [0.2, 0.25) is 0 Å². The Morgan fingerprint density at radius 2 is 2.06 bits per heavy atom. The van der Waals surface area contributed by atoms with Crippen molar-refractivity contribution >= 4 is 0 Å². The Balaban J connectivity index is 1.92. The van der Waals surface area contributed by atoms with Gasteiger partial charge in [-0.25, -0.2) is 0 Å². The Morgan fingerprint density at radius 3 is 2.50 bits per heavy atom. The van der Waals surface area contributed by atoms with E-state index in [4.69, 9.17) is 5.84 Å². The van der Waals surface area contributed by atoms with Crippen LogP contribution >= 0.6 is 0 Å². The van der Waals surface area contributed by atoms with Gasteiger partial charge in [-0.15, -0.1) is 0 Å². The second-order valence-electron chi connectivity index (χ2n) is 6.73. The number of fused-ring (bicyclic) bond motifs is 2. The Hall–Kier alpha value is -0.0800. The fourth-order valence-electron chi connectivity index (χ4n) is 3.83. The van der Waals surface area contributed by atoms with Crippen LogP contribution in [0.2, 0.25) is 0 Å². The van der Waals surface area contributed by atoms with Crippen LogP contribution in [0.5, 0.6) is 0 Å². The lowest BCUT2D eigenvalue weighted by molar-refractivity contribution is 0.173. The summed E-state index contributed by atoms with van der Waals surface area (Å²) in [5.41, 5.74) is 3.41. The highest BCUT2D eigenvalue weighted by molar-refractivity contribution is 4.93. The average molecular weight is 224 g/mol. The van der Waals surface area contributed by atoms with Crippen molar-refractivity contribution in [3.8, 4) is 0 Å². The molecule has 0 saturated heterocycles. The van der Waals surface area contributed by atoms with Gasteiger partial charge in [0.15, 0.2) is 0 Å². The molecule has 4 unspecified atom stereocenters. The van der Waals surface area contributed by atoms with Crippen LogP contribution in [0.25, 0.3) is 0 Å². The van der Waals surface area contributed by atoms with E-state index in [2.05, 4.69) is 26.2 Å². The highest BCUT2D eigenvalue weighted by Gasteiger charge is 2.41. The van der Waals surface area contributed by atoms with Crippen LogP contribution < -0.4 is 11.3 Å². The van der Waals surface area contributed by atoms with E-state index in [0.717, 1.165) is 17.8 Å². The van der Waals surface area contributed by atoms with Crippen LogP contribution in [-0.2, 0) is 0 Å². The monoisotopic (exact) mass is 224 g/mol. The zero-order valence-corrected chi connectivity index (χ0v) is 11.1. The minimum Gasteiger partial charge on any atom is -0.271 e. The lowest BCUT2D eigenvalue weighted by atomic mass is 9.74. The minimum absolute atomic E-state index is 0.330. The molecular weight excluding hydrogens is 196 g/mol. The van der Waals surface area contributed by atoms with Crippen LogP contribution in [0.15, 0.2) is 0 Å². The summed E-state index contributed by atoms with van der Waals surface area (Å²) in [6.07, 6.45) is 8.45. The Labute approximate surface area is 100 Å². The Bertz CT molecular complexity index is 237. The molecule has 4 atom stereocenters. The first-order valence-corrected chi connectivity index (χ1v) is 7.03. The van der Waals surface area contributed by atoms with Gasteiger partial charge < -0.3 is 0 Å². The van der Waals surface area contributed by atoms with Gasteiger partial charge in [-0.1, -0.05) is 27.2 Å². The van der Waals surface area contributed by atoms with Crippen LogP contribution in [0.3, 0.4) is 0 Å². The smallest absolute Gasteiger partial charge is 0.0264 e. The molecule has 2 saturated carbocycles. The number of rotatable bonds is 5. The highest BCUT2D eigenvalue weighted by atomic mass is 15.2. The molecule has 2 fully saturated rings. The largest absolute Gasteiger partial charge is 0.271 e. The second kappa shape index (κ2) is 4.66. The van der Waals surface area contributed by atoms with Crippen molar-refractivity contribution in [2.75, 3.05) is 0 Å². The molecule has 0 heterocycles. The molecule has 2 nitrogen and oxygen atoms in total. The molecule has 3 N–H and O–H groups in total. The maximum atomic E-state index is 5.76. The molecule has 0 radical (unpaired) electrons. The fraction of sp³-hybridized carbons (Fsp3) is 1.00. The third-order valence-corrected chi connectivity index (χ3v) is 5.48. The van der Waals surface area contributed by atoms with Crippen molar-refractivity contribution in [3.63, 3.8) is 0 Å². The third kappa shape index (κ3) is 2.28. The van der Waals surface area contributed by atoms with Crippen LogP contribution in [0, 0.1) is 23.2 Å². The predicted molar refractivity (Wildman–Crippen MR) is 68.7 cm³/mol. The lowest BCUT2D eigenvalue weighted by Crippen LogP contribution is -2.47. The van der Waals surface area contributed by atoms with E-state index in [1.54, 1.807) is 0 Å². The summed E-state index contributed by atoms with van der Waals surface area (Å²) in [6.45, 7) is 6.95. The molecule has 0 amide bonds. The first-order chi connectivity index (χ1) is 7.56. The second-order valence-corrected chi connectivity index (χ2v) is 6.73. The molecular formula is C14H28N2. The molecule has 2 bridgehead atoms. The molecule has 16 heavy (non-hydrogen) atoms. The molecule has 0 aromatic heterocycles. The number of hydrogen-bond donors (Lipinski definition) is 2. The molecule has 0 aromatic rings. The first-order valence-electron chi connectivity index (χ1n) is 7.03. The summed E-state index contributed by atoms with van der Waals surface area (Å²) in [7, 11) is 0. The molecule has 94 valence electrons. The molecule has 0 spiro atoms. The van der Waals surface area contributed by atoms with Crippen molar-refractivity contribution in [1.29, 1.82) is 0 Å². The standard InChI is InChI=1S/C14H28N2/c1-4-14(2,3)13(16-15)9-12-8-10-5-6-11(12)7-10/h10-13,16H,4-9,15H2,1-3H3. The lowest BCUT2D eigenvalue weighted by Gasteiger charge is -2.36. The van der Waals surface area contributed by atoms with Crippen molar-refractivity contribution in [2.24, 2.45) is 29.0 Å². The van der Waals surface area contributed by atoms with Crippen molar-refractivity contribution in [2.45, 2.75) is 65.3 Å². The summed E-state index contributed by atoms with van der Waals surface area (Å²) in [6, 6.07) is 0.488. The minimum atomic E-state index is 0.330. The van der Waals surface area contributed by atoms with Crippen LogP contribution in [0.1, 0.15) is 59.3 Å². The normalized spacial score (nSPS) is 35.6. The Morgan fingerprint density at radius 1 is 1.31 bits per heavy atom. The van der Waals surface area contributed by atoms with Gasteiger partial charge in [-0.05, 0) is 55.3 Å². The van der Waals surface area contributed by atoms with Gasteiger partial charge in [0.05, 0.1) is 0 Å². The third-order valence-electron chi connectivity index (χ3n) is 5.48. The van der Waals surface area contributed by atoms with E-state index in [-0.39, 0.29) is 0 Å². The number of nitrogens with one attached hydrogen (secondary N) is 1. The van der Waals surface area contributed by atoms with Gasteiger partial charge in [-0.3, -0.25) is 11.3 Å². The van der Waals surface area contributed by atoms with E-state index in [1.807, 2.05) is 0 Å². The maximum Gasteiger partial charge on any atom is 0.0264 e. The quantitative estimate of drug-likeness (QED) is 0.556. The van der Waals surface area contributed by atoms with E-state index >= 15 is 0 Å². The van der Waals surface area contributed by atoms with Gasteiger partial charge in [-0.2, -0.15) is 0 Å². The maximum absolute atomic E-state index is 5.76. The molecule has 2 rings (SSSR count). The number of nitrogens with two attached hydrogens (primary N) is 1. The van der Waals surface area contributed by atoms with Crippen molar-refractivity contribution < 1.29 is 0 Å². The summed E-state index contributed by atoms with van der Waals surface area (Å²) in [5, 5.41) is 0. The zero-order valence-electron chi connectivity index (χ0n) is 11.1. The van der Waals surface area contributed by atoms with Crippen LogP contribution in [-0.4, -0.2) is 6.04 Å². The first kappa shape index (κ1) is 12.4. The molecule has 0 aliphatic heterocycles. The van der Waals surface area contributed by atoms with Gasteiger partial charge in [0, 0.05) is 6.04 Å². The fourth-order valence-corrected chi connectivity index (χ4v) is 3.83. The van der Waals surface area contributed by atoms with E-state index < -0.39 is 0 Å². The van der Waals surface area contributed by atoms with Crippen LogP contribution in [0.4, 0.5) is 0 Å². The van der Waals surface area contributed by atoms with E-state index in [9.17, 15) is 0 Å². The van der Waals surface area contributed by atoms with Gasteiger partial charge in [0.25, 0.3) is 0 Å².